The van der Waals surface area contributed by atoms with Gasteiger partial charge in [-0.25, -0.2) is 4.79 Å². The average molecular weight is 236 g/mol. The average Bonchev–Trinajstić information content (AvgIpc) is 2.33. The third kappa shape index (κ3) is 7.11. The van der Waals surface area contributed by atoms with E-state index in [1.807, 2.05) is 19.9 Å². The summed E-state index contributed by atoms with van der Waals surface area (Å²) in [5.74, 6) is -0.311. The Labute approximate surface area is 103 Å². The van der Waals surface area contributed by atoms with Crippen molar-refractivity contribution in [3.8, 4) is 0 Å². The molecule has 0 rings (SSSR count). The fraction of sp³-hybridized carbons (Fsp3) is 0.385. The molecule has 4 nitrogen and oxygen atoms in total. The van der Waals surface area contributed by atoms with Crippen molar-refractivity contribution in [2.45, 2.75) is 20.3 Å². The highest BCUT2D eigenvalue weighted by atomic mass is 16.5. The number of aliphatic imine (C=N–C) groups is 1. The van der Waals surface area contributed by atoms with Crippen molar-refractivity contribution in [3.63, 3.8) is 0 Å². The molecule has 0 radical (unpaired) electrons. The number of nitrogens with one attached hydrogen (secondary N) is 1. The van der Waals surface area contributed by atoms with Gasteiger partial charge in [-0.1, -0.05) is 19.6 Å². The molecule has 0 amide bonds. The molecule has 0 spiro atoms. The van der Waals surface area contributed by atoms with Crippen molar-refractivity contribution in [3.05, 3.63) is 36.1 Å². The SMILES string of the molecule is C=C/C=C(\C)NCN=C/C=C(\CC)C(=O)OC. The van der Waals surface area contributed by atoms with Gasteiger partial charge in [-0.05, 0) is 25.5 Å². The molecule has 0 heterocycles. The number of hydrogen-bond donors (Lipinski definition) is 1. The first-order valence-corrected chi connectivity index (χ1v) is 5.46. The van der Waals surface area contributed by atoms with Crippen molar-refractivity contribution < 1.29 is 9.53 Å². The van der Waals surface area contributed by atoms with Crippen LogP contribution in [-0.2, 0) is 9.53 Å². The minimum absolute atomic E-state index is 0.311. The summed E-state index contributed by atoms with van der Waals surface area (Å²) in [6, 6.07) is 0. The minimum Gasteiger partial charge on any atom is -0.466 e. The zero-order valence-electron chi connectivity index (χ0n) is 10.7. The van der Waals surface area contributed by atoms with Gasteiger partial charge in [0.15, 0.2) is 0 Å². The molecule has 0 aliphatic heterocycles. The van der Waals surface area contributed by atoms with Crippen LogP contribution >= 0.6 is 0 Å². The molecule has 0 atom stereocenters. The number of nitrogens with zero attached hydrogens (tertiary/aromatic N) is 1. The minimum atomic E-state index is -0.311. The third-order valence-corrected chi connectivity index (χ3v) is 2.03. The molecule has 4 heteroatoms. The highest BCUT2D eigenvalue weighted by Gasteiger charge is 2.04. The molecular formula is C13H20N2O2. The summed E-state index contributed by atoms with van der Waals surface area (Å²) < 4.78 is 4.63. The molecule has 0 saturated heterocycles. The highest BCUT2D eigenvalue weighted by molar-refractivity contribution is 5.93. The lowest BCUT2D eigenvalue weighted by atomic mass is 10.2. The second-order valence-electron chi connectivity index (χ2n) is 3.29. The maximum absolute atomic E-state index is 11.2. The smallest absolute Gasteiger partial charge is 0.333 e. The van der Waals surface area contributed by atoms with Crippen LogP contribution in [0.1, 0.15) is 20.3 Å². The van der Waals surface area contributed by atoms with Crippen LogP contribution in [0.4, 0.5) is 0 Å². The molecule has 94 valence electrons. The van der Waals surface area contributed by atoms with Crippen LogP contribution in [0.3, 0.4) is 0 Å². The monoisotopic (exact) mass is 236 g/mol. The van der Waals surface area contributed by atoms with E-state index in [0.717, 1.165) is 5.70 Å². The number of esters is 1. The molecule has 17 heavy (non-hydrogen) atoms. The van der Waals surface area contributed by atoms with E-state index in [1.165, 1.54) is 7.11 Å². The number of rotatable bonds is 7. The zero-order chi connectivity index (χ0) is 13.1. The molecule has 0 bridgehead atoms. The van der Waals surface area contributed by atoms with E-state index in [2.05, 4.69) is 21.6 Å². The van der Waals surface area contributed by atoms with Gasteiger partial charge in [0, 0.05) is 17.5 Å². The van der Waals surface area contributed by atoms with Gasteiger partial charge < -0.3 is 10.1 Å². The maximum atomic E-state index is 11.2. The molecule has 0 saturated carbocycles. The quantitative estimate of drug-likeness (QED) is 0.319. The topological polar surface area (TPSA) is 50.7 Å². The van der Waals surface area contributed by atoms with Crippen LogP contribution in [0.5, 0.6) is 0 Å². The molecular weight excluding hydrogens is 216 g/mol. The Morgan fingerprint density at radius 1 is 1.47 bits per heavy atom. The number of hydrogen-bond acceptors (Lipinski definition) is 4. The van der Waals surface area contributed by atoms with Crippen LogP contribution in [0.2, 0.25) is 0 Å². The lowest BCUT2D eigenvalue weighted by Gasteiger charge is -2.01. The second kappa shape index (κ2) is 9.39. The number of ether oxygens (including phenoxy) is 1. The second-order valence-corrected chi connectivity index (χ2v) is 3.29. The van der Waals surface area contributed by atoms with Crippen LogP contribution in [-0.4, -0.2) is 26.0 Å². The molecule has 0 aromatic rings. The maximum Gasteiger partial charge on any atom is 0.333 e. The standard InChI is InChI=1S/C13H20N2O2/c1-5-7-11(3)15-10-14-9-8-12(6-2)13(16)17-4/h5,7-9,15H,1,6,10H2,2-4H3/b11-7+,12-8+,14-9?. The predicted octanol–water partition coefficient (Wildman–Crippen LogP) is 2.20. The number of carbonyl (C=O) groups excluding carboxylic acids is 1. The summed E-state index contributed by atoms with van der Waals surface area (Å²) in [6.45, 7) is 7.88. The lowest BCUT2D eigenvalue weighted by Crippen LogP contribution is -2.10. The van der Waals surface area contributed by atoms with Crippen LogP contribution in [0.25, 0.3) is 0 Å². The van der Waals surface area contributed by atoms with Gasteiger partial charge in [-0.15, -0.1) is 0 Å². The highest BCUT2D eigenvalue weighted by Crippen LogP contribution is 2.01. The summed E-state index contributed by atoms with van der Waals surface area (Å²) in [4.78, 5) is 15.3. The van der Waals surface area contributed by atoms with Gasteiger partial charge in [0.05, 0.1) is 7.11 Å². The van der Waals surface area contributed by atoms with Crippen molar-refractivity contribution in [1.29, 1.82) is 0 Å². The molecule has 0 unspecified atom stereocenters. The Bertz CT molecular complexity index is 341. The largest absolute Gasteiger partial charge is 0.466 e. The fourth-order valence-electron chi connectivity index (χ4n) is 1.06. The summed E-state index contributed by atoms with van der Waals surface area (Å²) in [5.41, 5.74) is 1.60. The lowest BCUT2D eigenvalue weighted by molar-refractivity contribution is -0.136. The van der Waals surface area contributed by atoms with E-state index in [9.17, 15) is 4.79 Å². The first-order valence-electron chi connectivity index (χ1n) is 5.46. The molecule has 0 aromatic carbocycles. The molecule has 0 aliphatic rings. The van der Waals surface area contributed by atoms with E-state index < -0.39 is 0 Å². The van der Waals surface area contributed by atoms with Gasteiger partial charge >= 0.3 is 5.97 Å². The Balaban J connectivity index is 4.16. The van der Waals surface area contributed by atoms with E-state index in [4.69, 9.17) is 0 Å². The summed E-state index contributed by atoms with van der Waals surface area (Å²) in [5, 5.41) is 3.06. The van der Waals surface area contributed by atoms with E-state index in [0.29, 0.717) is 18.7 Å². The molecule has 0 aliphatic carbocycles. The number of allylic oxidation sites excluding steroid dienone is 4. The Hall–Kier alpha value is -1.84. The van der Waals surface area contributed by atoms with Gasteiger partial charge in [-0.3, -0.25) is 4.99 Å². The first-order chi connectivity index (χ1) is 8.15. The van der Waals surface area contributed by atoms with Crippen molar-refractivity contribution in [2.75, 3.05) is 13.8 Å². The summed E-state index contributed by atoms with van der Waals surface area (Å²) in [6.07, 6.45) is 7.46. The Morgan fingerprint density at radius 2 is 2.18 bits per heavy atom. The zero-order valence-corrected chi connectivity index (χ0v) is 10.7. The van der Waals surface area contributed by atoms with E-state index in [-0.39, 0.29) is 5.97 Å². The summed E-state index contributed by atoms with van der Waals surface area (Å²) >= 11 is 0. The summed E-state index contributed by atoms with van der Waals surface area (Å²) in [7, 11) is 1.37. The normalized spacial score (nSPS) is 12.6. The van der Waals surface area contributed by atoms with Crippen LogP contribution < -0.4 is 5.32 Å². The van der Waals surface area contributed by atoms with Crippen LogP contribution in [0.15, 0.2) is 41.1 Å². The fourth-order valence-corrected chi connectivity index (χ4v) is 1.06. The van der Waals surface area contributed by atoms with Gasteiger partial charge in [-0.2, -0.15) is 0 Å². The third-order valence-electron chi connectivity index (χ3n) is 2.03. The van der Waals surface area contributed by atoms with E-state index >= 15 is 0 Å². The molecule has 0 aromatic heterocycles. The van der Waals surface area contributed by atoms with Gasteiger partial charge in [0.1, 0.15) is 6.67 Å². The van der Waals surface area contributed by atoms with Crippen molar-refractivity contribution in [2.24, 2.45) is 4.99 Å². The Morgan fingerprint density at radius 3 is 2.71 bits per heavy atom. The Kier molecular flexibility index (Phi) is 8.37. The van der Waals surface area contributed by atoms with Gasteiger partial charge in [0.2, 0.25) is 0 Å². The van der Waals surface area contributed by atoms with Gasteiger partial charge in [0.25, 0.3) is 0 Å². The molecule has 1 N–H and O–H groups in total. The number of methoxy groups -OCH3 is 1. The molecule has 0 fully saturated rings. The predicted molar refractivity (Wildman–Crippen MR) is 70.8 cm³/mol. The van der Waals surface area contributed by atoms with Crippen molar-refractivity contribution in [1.82, 2.24) is 5.32 Å². The van der Waals surface area contributed by atoms with Crippen molar-refractivity contribution >= 4 is 12.2 Å². The van der Waals surface area contributed by atoms with Crippen LogP contribution in [0, 0.1) is 0 Å². The number of carbonyl (C=O) groups is 1. The van der Waals surface area contributed by atoms with E-state index in [1.54, 1.807) is 18.4 Å². The first kappa shape index (κ1) is 15.2.